The van der Waals surface area contributed by atoms with Crippen LogP contribution in [0.5, 0.6) is 11.5 Å². The zero-order valence-electron chi connectivity index (χ0n) is 18.4. The molecule has 0 N–H and O–H groups in total. The number of hydrogen-bond acceptors (Lipinski definition) is 5. The number of benzene rings is 2. The number of hydrogen-bond donors (Lipinski definition) is 0. The van der Waals surface area contributed by atoms with Crippen LogP contribution in [-0.2, 0) is 0 Å². The summed E-state index contributed by atoms with van der Waals surface area (Å²) in [4.78, 5) is 18.3. The van der Waals surface area contributed by atoms with E-state index in [0.717, 1.165) is 45.1 Å². The standard InChI is InChI=1S/C25H25BrIN3O3/c1-3-11-33-23-20(27)12-16(13-22(23)32-2)15-28-30-24(17-7-5-4-6-8-17)29-21-10-9-18(26)14-19(21)25(30)31/h3,9-10,12-15,17H,1,4-8,11H2,2H3. The summed E-state index contributed by atoms with van der Waals surface area (Å²) in [7, 11) is 1.60. The number of halogens is 2. The van der Waals surface area contributed by atoms with Gasteiger partial charge in [-0.3, -0.25) is 4.79 Å². The fourth-order valence-electron chi connectivity index (χ4n) is 4.12. The van der Waals surface area contributed by atoms with E-state index in [1.165, 1.54) is 11.1 Å². The number of rotatable bonds is 7. The first-order valence-electron chi connectivity index (χ1n) is 10.9. The van der Waals surface area contributed by atoms with Crippen molar-refractivity contribution in [3.63, 3.8) is 0 Å². The third kappa shape index (κ3) is 5.32. The summed E-state index contributed by atoms with van der Waals surface area (Å²) in [5.41, 5.74) is 1.35. The molecule has 0 bridgehead atoms. The van der Waals surface area contributed by atoms with Crippen LogP contribution in [0.15, 0.2) is 57.4 Å². The Morgan fingerprint density at radius 1 is 1.27 bits per heavy atom. The van der Waals surface area contributed by atoms with E-state index in [1.807, 2.05) is 24.3 Å². The molecular weight excluding hydrogens is 597 g/mol. The van der Waals surface area contributed by atoms with E-state index >= 15 is 0 Å². The van der Waals surface area contributed by atoms with Gasteiger partial charge in [0, 0.05) is 10.4 Å². The average Bonchev–Trinajstić information content (AvgIpc) is 2.83. The van der Waals surface area contributed by atoms with Crippen molar-refractivity contribution in [1.82, 2.24) is 9.66 Å². The molecule has 0 spiro atoms. The maximum Gasteiger partial charge on any atom is 0.282 e. The molecule has 2 aromatic carbocycles. The van der Waals surface area contributed by atoms with Crippen LogP contribution in [0, 0.1) is 3.57 Å². The molecule has 0 aliphatic heterocycles. The van der Waals surface area contributed by atoms with Crippen LogP contribution in [-0.4, -0.2) is 29.6 Å². The zero-order valence-corrected chi connectivity index (χ0v) is 22.1. The predicted molar refractivity (Wildman–Crippen MR) is 144 cm³/mol. The van der Waals surface area contributed by atoms with Gasteiger partial charge in [0.2, 0.25) is 0 Å². The Morgan fingerprint density at radius 3 is 2.79 bits per heavy atom. The van der Waals surface area contributed by atoms with E-state index in [1.54, 1.807) is 25.5 Å². The molecule has 4 rings (SSSR count). The summed E-state index contributed by atoms with van der Waals surface area (Å²) >= 11 is 5.67. The molecule has 1 aliphatic rings. The lowest BCUT2D eigenvalue weighted by Gasteiger charge is -2.22. The van der Waals surface area contributed by atoms with Crippen LogP contribution >= 0.6 is 38.5 Å². The molecular formula is C25H25BrIN3O3. The Bertz CT molecular complexity index is 1270. The Hall–Kier alpha value is -2.20. The summed E-state index contributed by atoms with van der Waals surface area (Å²) in [6.45, 7) is 4.08. The van der Waals surface area contributed by atoms with Crippen molar-refractivity contribution in [3.05, 3.63) is 72.8 Å². The lowest BCUT2D eigenvalue weighted by Crippen LogP contribution is -2.25. The van der Waals surface area contributed by atoms with Gasteiger partial charge in [0.25, 0.3) is 5.56 Å². The second-order valence-corrected chi connectivity index (χ2v) is 10.0. The van der Waals surface area contributed by atoms with E-state index in [-0.39, 0.29) is 11.5 Å². The Labute approximate surface area is 215 Å². The minimum absolute atomic E-state index is 0.161. The maximum absolute atomic E-state index is 13.5. The van der Waals surface area contributed by atoms with Crippen molar-refractivity contribution in [2.75, 3.05) is 13.7 Å². The number of aromatic nitrogens is 2. The van der Waals surface area contributed by atoms with Crippen LogP contribution in [0.1, 0.15) is 49.4 Å². The van der Waals surface area contributed by atoms with Crippen LogP contribution in [0.25, 0.3) is 10.9 Å². The molecule has 0 amide bonds. The topological polar surface area (TPSA) is 65.7 Å². The van der Waals surface area contributed by atoms with E-state index in [2.05, 4.69) is 50.2 Å². The van der Waals surface area contributed by atoms with Gasteiger partial charge in [0.1, 0.15) is 12.4 Å². The fraction of sp³-hybridized carbons (Fsp3) is 0.320. The summed E-state index contributed by atoms with van der Waals surface area (Å²) < 4.78 is 14.5. The maximum atomic E-state index is 13.5. The zero-order chi connectivity index (χ0) is 23.4. The largest absolute Gasteiger partial charge is 0.493 e. The Balaban J connectivity index is 1.80. The van der Waals surface area contributed by atoms with Gasteiger partial charge in [-0.2, -0.15) is 9.78 Å². The lowest BCUT2D eigenvalue weighted by atomic mass is 9.88. The van der Waals surface area contributed by atoms with Gasteiger partial charge in [0.15, 0.2) is 11.5 Å². The smallest absolute Gasteiger partial charge is 0.282 e. The second kappa shape index (κ2) is 10.8. The molecule has 1 fully saturated rings. The monoisotopic (exact) mass is 621 g/mol. The van der Waals surface area contributed by atoms with Gasteiger partial charge in [-0.1, -0.05) is 47.8 Å². The average molecular weight is 622 g/mol. The van der Waals surface area contributed by atoms with E-state index < -0.39 is 0 Å². The molecule has 33 heavy (non-hydrogen) atoms. The van der Waals surface area contributed by atoms with Crippen molar-refractivity contribution >= 4 is 55.6 Å². The van der Waals surface area contributed by atoms with Crippen LogP contribution in [0.3, 0.4) is 0 Å². The fourth-order valence-corrected chi connectivity index (χ4v) is 5.27. The molecule has 172 valence electrons. The van der Waals surface area contributed by atoms with Gasteiger partial charge in [-0.25, -0.2) is 4.98 Å². The Morgan fingerprint density at radius 2 is 2.06 bits per heavy atom. The van der Waals surface area contributed by atoms with Crippen molar-refractivity contribution in [2.45, 2.75) is 38.0 Å². The quantitative estimate of drug-likeness (QED) is 0.177. The second-order valence-electron chi connectivity index (χ2n) is 7.96. The molecule has 0 unspecified atom stereocenters. The van der Waals surface area contributed by atoms with Gasteiger partial charge in [0.05, 0.1) is 27.8 Å². The highest BCUT2D eigenvalue weighted by atomic mass is 127. The third-order valence-corrected chi connectivity index (χ3v) is 7.02. The Kier molecular flexibility index (Phi) is 7.85. The van der Waals surface area contributed by atoms with Crippen molar-refractivity contribution in [1.29, 1.82) is 0 Å². The summed E-state index contributed by atoms with van der Waals surface area (Å²) in [6.07, 6.45) is 8.92. The van der Waals surface area contributed by atoms with E-state index in [0.29, 0.717) is 29.0 Å². The summed E-state index contributed by atoms with van der Waals surface area (Å²) in [5.74, 6) is 2.22. The molecule has 1 aromatic heterocycles. The summed E-state index contributed by atoms with van der Waals surface area (Å²) in [6, 6.07) is 9.40. The SMILES string of the molecule is C=CCOc1c(I)cc(C=Nn2c(C3CCCCC3)nc3ccc(Br)cc3c2=O)cc1OC. The minimum Gasteiger partial charge on any atom is -0.493 e. The first-order chi connectivity index (χ1) is 16.0. The minimum atomic E-state index is -0.161. The number of nitrogens with zero attached hydrogens (tertiary/aromatic N) is 3. The predicted octanol–water partition coefficient (Wildman–Crippen LogP) is 6.27. The molecule has 1 heterocycles. The highest BCUT2D eigenvalue weighted by Gasteiger charge is 2.22. The van der Waals surface area contributed by atoms with E-state index in [4.69, 9.17) is 14.5 Å². The number of methoxy groups -OCH3 is 1. The molecule has 6 nitrogen and oxygen atoms in total. The van der Waals surface area contributed by atoms with E-state index in [9.17, 15) is 4.79 Å². The number of fused-ring (bicyclic) bond motifs is 1. The molecule has 1 saturated carbocycles. The van der Waals surface area contributed by atoms with Crippen LogP contribution in [0.2, 0.25) is 0 Å². The molecule has 0 saturated heterocycles. The highest BCUT2D eigenvalue weighted by molar-refractivity contribution is 14.1. The van der Waals surface area contributed by atoms with Gasteiger partial charge in [-0.05, 0) is 71.3 Å². The van der Waals surface area contributed by atoms with Crippen LogP contribution in [0.4, 0.5) is 0 Å². The normalized spacial score (nSPS) is 14.6. The summed E-state index contributed by atoms with van der Waals surface area (Å²) in [5, 5.41) is 5.17. The highest BCUT2D eigenvalue weighted by Crippen LogP contribution is 2.34. The van der Waals surface area contributed by atoms with Crippen molar-refractivity contribution in [3.8, 4) is 11.5 Å². The molecule has 3 aromatic rings. The molecule has 0 atom stereocenters. The van der Waals surface area contributed by atoms with Crippen molar-refractivity contribution < 1.29 is 9.47 Å². The molecule has 1 aliphatic carbocycles. The first kappa shape index (κ1) is 23.9. The van der Waals surface area contributed by atoms with Crippen molar-refractivity contribution in [2.24, 2.45) is 5.10 Å². The third-order valence-electron chi connectivity index (χ3n) is 5.72. The van der Waals surface area contributed by atoms with Crippen LogP contribution < -0.4 is 15.0 Å². The first-order valence-corrected chi connectivity index (χ1v) is 12.8. The van der Waals surface area contributed by atoms with Gasteiger partial charge in [-0.15, -0.1) is 0 Å². The van der Waals surface area contributed by atoms with Gasteiger partial charge < -0.3 is 9.47 Å². The van der Waals surface area contributed by atoms with Gasteiger partial charge >= 0.3 is 0 Å². The molecule has 0 radical (unpaired) electrons. The molecule has 8 heteroatoms. The lowest BCUT2D eigenvalue weighted by molar-refractivity contribution is 0.324. The number of ether oxygens (including phenoxy) is 2.